The highest BCUT2D eigenvalue weighted by atomic mass is 16.7. The summed E-state index contributed by atoms with van der Waals surface area (Å²) in [6.45, 7) is 1.70. The van der Waals surface area contributed by atoms with Gasteiger partial charge in [0, 0.05) is 13.6 Å². The minimum Gasteiger partial charge on any atom is -0.465 e. The third kappa shape index (κ3) is 4.32. The third-order valence-electron chi connectivity index (χ3n) is 1.57. The van der Waals surface area contributed by atoms with E-state index in [9.17, 15) is 9.59 Å². The van der Waals surface area contributed by atoms with Crippen LogP contribution in [0.25, 0.3) is 0 Å². The molecule has 1 atom stereocenters. The summed E-state index contributed by atoms with van der Waals surface area (Å²) in [4.78, 5) is 26.0. The molecule has 1 unspecified atom stereocenters. The first-order valence-electron chi connectivity index (χ1n) is 3.77. The molecule has 0 saturated carbocycles. The van der Waals surface area contributed by atoms with Crippen molar-refractivity contribution in [2.45, 2.75) is 6.92 Å². The number of carbonyl (C=O) groups is 2. The molecular formula is C7H14N2O4. The zero-order valence-electron chi connectivity index (χ0n) is 7.90. The van der Waals surface area contributed by atoms with Gasteiger partial charge in [-0.25, -0.2) is 9.86 Å². The summed E-state index contributed by atoms with van der Waals surface area (Å²) < 4.78 is 0. The summed E-state index contributed by atoms with van der Waals surface area (Å²) in [5, 5.41) is 11.5. The van der Waals surface area contributed by atoms with Crippen molar-refractivity contribution in [2.24, 2.45) is 5.92 Å². The lowest BCUT2D eigenvalue weighted by molar-refractivity contribution is -0.172. The number of hydrogen-bond donors (Lipinski definition) is 2. The van der Waals surface area contributed by atoms with Crippen molar-refractivity contribution >= 4 is 12.0 Å². The van der Waals surface area contributed by atoms with Crippen LogP contribution in [0.3, 0.4) is 0 Å². The van der Waals surface area contributed by atoms with E-state index in [-0.39, 0.29) is 12.5 Å². The predicted molar refractivity (Wildman–Crippen MR) is 45.0 cm³/mol. The molecule has 13 heavy (non-hydrogen) atoms. The molecule has 2 N–H and O–H groups in total. The molecule has 0 saturated heterocycles. The van der Waals surface area contributed by atoms with Crippen LogP contribution >= 0.6 is 0 Å². The van der Waals surface area contributed by atoms with Crippen LogP contribution in [0.2, 0.25) is 0 Å². The van der Waals surface area contributed by atoms with E-state index in [1.807, 2.05) is 0 Å². The Kier molecular flexibility index (Phi) is 4.83. The highest BCUT2D eigenvalue weighted by molar-refractivity contribution is 5.78. The molecule has 0 spiro atoms. The lowest BCUT2D eigenvalue weighted by atomic mass is 10.1. The van der Waals surface area contributed by atoms with Crippen LogP contribution in [0, 0.1) is 5.92 Å². The van der Waals surface area contributed by atoms with E-state index in [2.05, 4.69) is 10.2 Å². The quantitative estimate of drug-likeness (QED) is 0.607. The van der Waals surface area contributed by atoms with Gasteiger partial charge in [0.05, 0.1) is 13.0 Å². The zero-order valence-corrected chi connectivity index (χ0v) is 7.90. The monoisotopic (exact) mass is 190 g/mol. The lowest BCUT2D eigenvalue weighted by Crippen LogP contribution is -2.37. The molecule has 0 radical (unpaired) electrons. The van der Waals surface area contributed by atoms with Crippen LogP contribution in [0.15, 0.2) is 0 Å². The van der Waals surface area contributed by atoms with Crippen LogP contribution in [0.5, 0.6) is 0 Å². The molecule has 6 nitrogen and oxygen atoms in total. The highest BCUT2D eigenvalue weighted by Crippen LogP contribution is 1.98. The van der Waals surface area contributed by atoms with Crippen LogP contribution < -0.4 is 5.32 Å². The summed E-state index contributed by atoms with van der Waals surface area (Å²) in [7, 11) is 2.84. The van der Waals surface area contributed by atoms with Gasteiger partial charge in [0.2, 0.25) is 5.91 Å². The molecule has 0 aromatic carbocycles. The average Bonchev–Trinajstić information content (AvgIpc) is 2.11. The van der Waals surface area contributed by atoms with Crippen LogP contribution in [-0.4, -0.2) is 42.9 Å². The SMILES string of the molecule is CON(C)C(=O)C(C)CNC(=O)O. The number of rotatable bonds is 4. The molecular weight excluding hydrogens is 176 g/mol. The smallest absolute Gasteiger partial charge is 0.404 e. The standard InChI is InChI=1S/C7H14N2O4/c1-5(4-8-7(11)12)6(10)9(2)13-3/h5,8H,4H2,1-3H3,(H,11,12). The van der Waals surface area contributed by atoms with Gasteiger partial charge in [-0.05, 0) is 0 Å². The number of hydroxylamine groups is 2. The molecule has 0 fully saturated rings. The van der Waals surface area contributed by atoms with Gasteiger partial charge >= 0.3 is 6.09 Å². The Bertz CT molecular complexity index is 195. The molecule has 2 amide bonds. The number of carboxylic acid groups (broad SMARTS) is 1. The van der Waals surface area contributed by atoms with Crippen molar-refractivity contribution in [1.29, 1.82) is 0 Å². The van der Waals surface area contributed by atoms with Crippen molar-refractivity contribution in [3.05, 3.63) is 0 Å². The van der Waals surface area contributed by atoms with E-state index in [0.717, 1.165) is 5.06 Å². The van der Waals surface area contributed by atoms with Gasteiger partial charge < -0.3 is 10.4 Å². The van der Waals surface area contributed by atoms with E-state index >= 15 is 0 Å². The molecule has 0 heterocycles. The Labute approximate surface area is 76.4 Å². The summed E-state index contributed by atoms with van der Waals surface area (Å²) in [6, 6.07) is 0. The maximum Gasteiger partial charge on any atom is 0.404 e. The predicted octanol–water partition coefficient (Wildman–Crippen LogP) is -0.0901. The number of nitrogens with one attached hydrogen (secondary N) is 1. The second-order valence-electron chi connectivity index (χ2n) is 2.61. The molecule has 6 heteroatoms. The first-order valence-corrected chi connectivity index (χ1v) is 3.77. The van der Waals surface area contributed by atoms with E-state index in [1.165, 1.54) is 14.2 Å². The number of amides is 2. The fourth-order valence-corrected chi connectivity index (χ4v) is 0.728. The summed E-state index contributed by atoms with van der Waals surface area (Å²) >= 11 is 0. The Morgan fingerprint density at radius 3 is 2.54 bits per heavy atom. The van der Waals surface area contributed by atoms with Gasteiger partial charge in [-0.15, -0.1) is 0 Å². The van der Waals surface area contributed by atoms with Crippen LogP contribution in [-0.2, 0) is 9.63 Å². The van der Waals surface area contributed by atoms with Crippen molar-refractivity contribution in [3.63, 3.8) is 0 Å². The minimum atomic E-state index is -1.14. The fourth-order valence-electron chi connectivity index (χ4n) is 0.728. The van der Waals surface area contributed by atoms with Gasteiger partial charge in [0.25, 0.3) is 0 Å². The highest BCUT2D eigenvalue weighted by Gasteiger charge is 2.17. The zero-order chi connectivity index (χ0) is 10.4. The van der Waals surface area contributed by atoms with Gasteiger partial charge in [-0.1, -0.05) is 6.92 Å². The maximum absolute atomic E-state index is 11.3. The van der Waals surface area contributed by atoms with Crippen molar-refractivity contribution in [3.8, 4) is 0 Å². The number of hydrogen-bond acceptors (Lipinski definition) is 3. The number of carbonyl (C=O) groups excluding carboxylic acids is 1. The maximum atomic E-state index is 11.3. The van der Waals surface area contributed by atoms with E-state index in [0.29, 0.717) is 0 Å². The largest absolute Gasteiger partial charge is 0.465 e. The Hall–Kier alpha value is -1.30. The Morgan fingerprint density at radius 1 is 1.62 bits per heavy atom. The van der Waals surface area contributed by atoms with E-state index in [1.54, 1.807) is 6.92 Å². The topological polar surface area (TPSA) is 78.9 Å². The Morgan fingerprint density at radius 2 is 2.15 bits per heavy atom. The molecule has 0 aliphatic carbocycles. The second kappa shape index (κ2) is 5.36. The second-order valence-corrected chi connectivity index (χ2v) is 2.61. The van der Waals surface area contributed by atoms with Gasteiger partial charge in [0.15, 0.2) is 0 Å². The normalized spacial score (nSPS) is 11.9. The lowest BCUT2D eigenvalue weighted by Gasteiger charge is -2.18. The van der Waals surface area contributed by atoms with Crippen molar-refractivity contribution in [1.82, 2.24) is 10.4 Å². The van der Waals surface area contributed by atoms with Crippen molar-refractivity contribution in [2.75, 3.05) is 20.7 Å². The minimum absolute atomic E-state index is 0.0852. The molecule has 76 valence electrons. The first kappa shape index (κ1) is 11.7. The van der Waals surface area contributed by atoms with Crippen LogP contribution in [0.4, 0.5) is 4.79 Å². The average molecular weight is 190 g/mol. The Balaban J connectivity index is 3.89. The summed E-state index contributed by atoms with van der Waals surface area (Å²) in [5.41, 5.74) is 0. The molecule has 0 rings (SSSR count). The fraction of sp³-hybridized carbons (Fsp3) is 0.714. The van der Waals surface area contributed by atoms with Gasteiger partial charge in [-0.2, -0.15) is 0 Å². The molecule has 0 aromatic heterocycles. The van der Waals surface area contributed by atoms with E-state index in [4.69, 9.17) is 5.11 Å². The van der Waals surface area contributed by atoms with Gasteiger partial charge in [0.1, 0.15) is 0 Å². The van der Waals surface area contributed by atoms with E-state index < -0.39 is 12.0 Å². The molecule has 0 aliphatic rings. The number of nitrogens with zero attached hydrogens (tertiary/aromatic N) is 1. The molecule has 0 aliphatic heterocycles. The molecule has 0 aromatic rings. The van der Waals surface area contributed by atoms with Crippen LogP contribution in [0.1, 0.15) is 6.92 Å². The summed E-state index contributed by atoms with van der Waals surface area (Å²) in [6.07, 6.45) is -1.14. The summed E-state index contributed by atoms with van der Waals surface area (Å²) in [5.74, 6) is -0.697. The molecule has 0 bridgehead atoms. The van der Waals surface area contributed by atoms with Gasteiger partial charge in [-0.3, -0.25) is 9.63 Å². The third-order valence-corrected chi connectivity index (χ3v) is 1.57. The van der Waals surface area contributed by atoms with Crippen molar-refractivity contribution < 1.29 is 19.5 Å². The first-order chi connectivity index (χ1) is 5.99.